The van der Waals surface area contributed by atoms with E-state index in [2.05, 4.69) is 6.92 Å². The van der Waals surface area contributed by atoms with Gasteiger partial charge in [-0.05, 0) is 38.6 Å². The largest absolute Gasteiger partial charge is 0.480 e. The van der Waals surface area contributed by atoms with E-state index in [4.69, 9.17) is 5.11 Å². The van der Waals surface area contributed by atoms with Gasteiger partial charge in [0.25, 0.3) is 0 Å². The predicted octanol–water partition coefficient (Wildman–Crippen LogP) is 1.85. The lowest BCUT2D eigenvalue weighted by Crippen LogP contribution is -2.50. The lowest BCUT2D eigenvalue weighted by atomic mass is 9.98. The number of carboxylic acid groups (broad SMARTS) is 1. The average Bonchev–Trinajstić information content (AvgIpc) is 2.37. The van der Waals surface area contributed by atoms with Crippen molar-refractivity contribution in [3.05, 3.63) is 0 Å². The van der Waals surface area contributed by atoms with Crippen LogP contribution < -0.4 is 0 Å². The van der Waals surface area contributed by atoms with Crippen molar-refractivity contribution in [1.29, 1.82) is 0 Å². The molecule has 1 atom stereocenters. The van der Waals surface area contributed by atoms with E-state index >= 15 is 0 Å². The third kappa shape index (κ3) is 5.67. The molecule has 1 rings (SSSR count). The van der Waals surface area contributed by atoms with Crippen molar-refractivity contribution in [1.82, 2.24) is 9.80 Å². The van der Waals surface area contributed by atoms with Crippen molar-refractivity contribution in [2.75, 3.05) is 26.2 Å². The number of piperidine rings is 1. The van der Waals surface area contributed by atoms with Crippen LogP contribution in [0.3, 0.4) is 0 Å². The minimum absolute atomic E-state index is 0. The van der Waals surface area contributed by atoms with Gasteiger partial charge in [-0.1, -0.05) is 13.8 Å². The Kier molecular flexibility index (Phi) is 8.81. The maximum absolute atomic E-state index is 12.4. The molecule has 0 spiro atoms. The zero-order valence-electron chi connectivity index (χ0n) is 12.7. The van der Waals surface area contributed by atoms with Gasteiger partial charge >= 0.3 is 5.97 Å². The molecule has 1 fully saturated rings. The second-order valence-corrected chi connectivity index (χ2v) is 5.55. The van der Waals surface area contributed by atoms with Gasteiger partial charge in [-0.3, -0.25) is 14.5 Å². The van der Waals surface area contributed by atoms with E-state index in [1.165, 1.54) is 0 Å². The number of aliphatic carboxylic acids is 1. The van der Waals surface area contributed by atoms with E-state index < -0.39 is 5.97 Å². The first-order chi connectivity index (χ1) is 8.95. The molecular formula is C14H27ClN2O3. The molecule has 6 heteroatoms. The summed E-state index contributed by atoms with van der Waals surface area (Å²) < 4.78 is 0. The van der Waals surface area contributed by atoms with Crippen molar-refractivity contribution < 1.29 is 14.7 Å². The third-order valence-corrected chi connectivity index (χ3v) is 3.85. The summed E-state index contributed by atoms with van der Waals surface area (Å²) in [6.45, 7) is 8.20. The highest BCUT2D eigenvalue weighted by Gasteiger charge is 2.28. The van der Waals surface area contributed by atoms with Crippen LogP contribution in [0.25, 0.3) is 0 Å². The standard InChI is InChI=1S/C14H26N2O3.ClH/c1-4-7-16(10-13(17)18)12(3)14(19)15-8-5-11(2)6-9-15;/h11-12H,4-10H2,1-3H3,(H,17,18);1H. The molecule has 1 aliphatic rings. The van der Waals surface area contributed by atoms with Crippen LogP contribution in [0.5, 0.6) is 0 Å². The first-order valence-electron chi connectivity index (χ1n) is 7.20. The van der Waals surface area contributed by atoms with Gasteiger partial charge in [0.2, 0.25) is 5.91 Å². The Morgan fingerprint density at radius 1 is 1.35 bits per heavy atom. The minimum Gasteiger partial charge on any atom is -0.480 e. The number of hydrogen-bond acceptors (Lipinski definition) is 3. The van der Waals surface area contributed by atoms with Crippen LogP contribution in [0.15, 0.2) is 0 Å². The molecule has 0 bridgehead atoms. The highest BCUT2D eigenvalue weighted by molar-refractivity contribution is 5.85. The van der Waals surface area contributed by atoms with Crippen LogP contribution in [0.4, 0.5) is 0 Å². The van der Waals surface area contributed by atoms with E-state index in [1.807, 2.05) is 18.7 Å². The van der Waals surface area contributed by atoms with Crippen molar-refractivity contribution in [2.45, 2.75) is 46.1 Å². The Morgan fingerprint density at radius 3 is 2.35 bits per heavy atom. The van der Waals surface area contributed by atoms with E-state index in [0.29, 0.717) is 12.5 Å². The molecule has 0 saturated carbocycles. The Hall–Kier alpha value is -0.810. The number of amides is 1. The molecule has 5 nitrogen and oxygen atoms in total. The smallest absolute Gasteiger partial charge is 0.317 e. The number of halogens is 1. The number of carbonyl (C=O) groups is 2. The Balaban J connectivity index is 0.00000361. The van der Waals surface area contributed by atoms with E-state index in [1.54, 1.807) is 4.90 Å². The van der Waals surface area contributed by atoms with Gasteiger partial charge in [-0.25, -0.2) is 0 Å². The van der Waals surface area contributed by atoms with E-state index in [-0.39, 0.29) is 30.9 Å². The zero-order valence-corrected chi connectivity index (χ0v) is 13.5. The lowest BCUT2D eigenvalue weighted by Gasteiger charge is -2.35. The summed E-state index contributed by atoms with van der Waals surface area (Å²) in [5.74, 6) is -0.118. The molecule has 1 unspecified atom stereocenters. The van der Waals surface area contributed by atoms with Crippen LogP contribution in [0.2, 0.25) is 0 Å². The Morgan fingerprint density at radius 2 is 1.90 bits per heavy atom. The fourth-order valence-electron chi connectivity index (χ4n) is 2.52. The summed E-state index contributed by atoms with van der Waals surface area (Å²) in [7, 11) is 0. The number of likely N-dealkylation sites (tertiary alicyclic amines) is 1. The highest BCUT2D eigenvalue weighted by atomic mass is 35.5. The summed E-state index contributed by atoms with van der Waals surface area (Å²) in [6.07, 6.45) is 2.94. The van der Waals surface area contributed by atoms with Gasteiger partial charge < -0.3 is 10.0 Å². The van der Waals surface area contributed by atoms with E-state index in [0.717, 1.165) is 32.4 Å². The minimum atomic E-state index is -0.875. The van der Waals surface area contributed by atoms with Gasteiger partial charge in [0.15, 0.2) is 0 Å². The zero-order chi connectivity index (χ0) is 14.4. The molecule has 1 saturated heterocycles. The molecule has 20 heavy (non-hydrogen) atoms. The molecule has 118 valence electrons. The quantitative estimate of drug-likeness (QED) is 0.813. The molecule has 0 aromatic carbocycles. The molecule has 0 aliphatic carbocycles. The first-order valence-corrected chi connectivity index (χ1v) is 7.20. The maximum Gasteiger partial charge on any atom is 0.317 e. The summed E-state index contributed by atoms with van der Waals surface area (Å²) >= 11 is 0. The lowest BCUT2D eigenvalue weighted by molar-refractivity contribution is -0.142. The fourth-order valence-corrected chi connectivity index (χ4v) is 2.52. The van der Waals surface area contributed by atoms with Gasteiger partial charge in [-0.15, -0.1) is 12.4 Å². The second kappa shape index (κ2) is 9.19. The third-order valence-electron chi connectivity index (χ3n) is 3.85. The Bertz CT molecular complexity index is 318. The molecule has 0 radical (unpaired) electrons. The predicted molar refractivity (Wildman–Crippen MR) is 81.2 cm³/mol. The van der Waals surface area contributed by atoms with Gasteiger partial charge in [0.1, 0.15) is 0 Å². The second-order valence-electron chi connectivity index (χ2n) is 5.55. The Labute approximate surface area is 127 Å². The molecule has 1 N–H and O–H groups in total. The van der Waals surface area contributed by atoms with Crippen LogP contribution in [-0.2, 0) is 9.59 Å². The van der Waals surface area contributed by atoms with Crippen molar-refractivity contribution in [3.63, 3.8) is 0 Å². The summed E-state index contributed by atoms with van der Waals surface area (Å²) in [5, 5.41) is 8.92. The van der Waals surface area contributed by atoms with Crippen molar-refractivity contribution in [2.24, 2.45) is 5.92 Å². The first kappa shape index (κ1) is 19.2. The molecule has 1 amide bonds. The van der Waals surface area contributed by atoms with Crippen molar-refractivity contribution >= 4 is 24.3 Å². The number of hydrogen-bond donors (Lipinski definition) is 1. The monoisotopic (exact) mass is 306 g/mol. The number of carboxylic acids is 1. The molecule has 0 aromatic heterocycles. The molecule has 1 aliphatic heterocycles. The van der Waals surface area contributed by atoms with Gasteiger partial charge in [0.05, 0.1) is 12.6 Å². The summed E-state index contributed by atoms with van der Waals surface area (Å²) in [5.41, 5.74) is 0. The van der Waals surface area contributed by atoms with Crippen LogP contribution in [0.1, 0.15) is 40.0 Å². The topological polar surface area (TPSA) is 60.9 Å². The number of rotatable bonds is 6. The van der Waals surface area contributed by atoms with Crippen LogP contribution in [0, 0.1) is 5.92 Å². The normalized spacial score (nSPS) is 17.7. The molecule has 0 aromatic rings. The molecular weight excluding hydrogens is 280 g/mol. The maximum atomic E-state index is 12.4. The summed E-state index contributed by atoms with van der Waals surface area (Å²) in [6, 6.07) is -0.343. The van der Waals surface area contributed by atoms with Crippen LogP contribution >= 0.6 is 12.4 Å². The molecule has 1 heterocycles. The number of nitrogens with zero attached hydrogens (tertiary/aromatic N) is 2. The number of carbonyl (C=O) groups excluding carboxylic acids is 1. The SMILES string of the molecule is CCCN(CC(=O)O)C(C)C(=O)N1CCC(C)CC1.Cl. The van der Waals surface area contributed by atoms with E-state index in [9.17, 15) is 9.59 Å². The van der Waals surface area contributed by atoms with Gasteiger partial charge in [-0.2, -0.15) is 0 Å². The van der Waals surface area contributed by atoms with Crippen LogP contribution in [-0.4, -0.2) is 59.0 Å². The van der Waals surface area contributed by atoms with Crippen molar-refractivity contribution in [3.8, 4) is 0 Å². The summed E-state index contributed by atoms with van der Waals surface area (Å²) in [4.78, 5) is 26.9. The highest BCUT2D eigenvalue weighted by Crippen LogP contribution is 2.17. The van der Waals surface area contributed by atoms with Gasteiger partial charge in [0, 0.05) is 13.1 Å². The average molecular weight is 307 g/mol. The fraction of sp³-hybridized carbons (Fsp3) is 0.857.